The highest BCUT2D eigenvalue weighted by Gasteiger charge is 2.16. The van der Waals surface area contributed by atoms with Gasteiger partial charge in [0.25, 0.3) is 0 Å². The maximum Gasteiger partial charge on any atom is 0.337 e. The summed E-state index contributed by atoms with van der Waals surface area (Å²) in [5.41, 5.74) is 1.54. The molecule has 6 nitrogen and oxygen atoms in total. The Morgan fingerprint density at radius 1 is 1.06 bits per heavy atom. The van der Waals surface area contributed by atoms with E-state index in [1.165, 1.54) is 20.3 Å². The van der Waals surface area contributed by atoms with Crippen LogP contribution in [0.2, 0.25) is 0 Å². The molecule has 1 atom stereocenters. The van der Waals surface area contributed by atoms with Crippen molar-refractivity contribution in [3.63, 3.8) is 0 Å². The highest BCUT2D eigenvalue weighted by atomic mass is 79.9. The highest BCUT2D eigenvalue weighted by Crippen LogP contribution is 2.34. The molecule has 2 rings (SSSR count). The van der Waals surface area contributed by atoms with E-state index in [4.69, 9.17) is 4.74 Å². The minimum atomic E-state index is -0.432. The molecule has 32 heavy (non-hydrogen) atoms. The van der Waals surface area contributed by atoms with Gasteiger partial charge in [-0.3, -0.25) is 0 Å². The molecule has 0 radical (unpaired) electrons. The van der Waals surface area contributed by atoms with E-state index in [1.54, 1.807) is 30.3 Å². The van der Waals surface area contributed by atoms with Gasteiger partial charge in [-0.25, -0.2) is 9.59 Å². The minimum absolute atomic E-state index is 0.0408. The molecule has 172 valence electrons. The molecule has 2 aromatic carbocycles. The number of rotatable bonds is 7. The second-order valence-electron chi connectivity index (χ2n) is 6.43. The van der Waals surface area contributed by atoms with Crippen molar-refractivity contribution in [1.29, 1.82) is 0 Å². The van der Waals surface area contributed by atoms with Crippen molar-refractivity contribution in [2.45, 2.75) is 19.8 Å². The first-order valence-corrected chi connectivity index (χ1v) is 11.1. The van der Waals surface area contributed by atoms with Gasteiger partial charge in [-0.2, -0.15) is 0 Å². The number of phenols is 1. The summed E-state index contributed by atoms with van der Waals surface area (Å²) in [7, 11) is 2.67. The quantitative estimate of drug-likeness (QED) is 0.306. The number of hydrogen-bond acceptors (Lipinski definition) is 6. The third-order valence-corrected chi connectivity index (χ3v) is 5.51. The zero-order valence-corrected chi connectivity index (χ0v) is 21.5. The molecule has 0 aliphatic rings. The molecule has 0 saturated heterocycles. The molecule has 0 spiro atoms. The van der Waals surface area contributed by atoms with Crippen molar-refractivity contribution in [2.24, 2.45) is 0 Å². The van der Waals surface area contributed by atoms with Crippen LogP contribution in [0.15, 0.2) is 64.1 Å². The summed E-state index contributed by atoms with van der Waals surface area (Å²) in [5.74, 6) is -0.00868. The van der Waals surface area contributed by atoms with Crippen LogP contribution in [0.1, 0.15) is 46.0 Å². The fourth-order valence-electron chi connectivity index (χ4n) is 2.43. The Balaban J connectivity index is 0.000000320. The lowest BCUT2D eigenvalue weighted by Gasteiger charge is -2.12. The Hall–Kier alpha value is -2.58. The fraction of sp³-hybridized carbons (Fsp3) is 0.250. The molecule has 8 heteroatoms. The Morgan fingerprint density at radius 3 is 2.19 bits per heavy atom. The van der Waals surface area contributed by atoms with Gasteiger partial charge in [0.05, 0.1) is 34.3 Å². The Labute approximate surface area is 205 Å². The molecule has 0 bridgehead atoms. The van der Waals surface area contributed by atoms with Crippen LogP contribution in [0.5, 0.6) is 11.5 Å². The zero-order valence-electron chi connectivity index (χ0n) is 18.4. The van der Waals surface area contributed by atoms with E-state index in [-0.39, 0.29) is 17.6 Å². The second-order valence-corrected chi connectivity index (χ2v) is 8.14. The number of phenolic OH excluding ortho intramolecular Hbond substituents is 1. The number of esters is 2. The first-order valence-electron chi connectivity index (χ1n) is 9.55. The molecule has 2 aromatic rings. The molecule has 0 saturated carbocycles. The van der Waals surface area contributed by atoms with Crippen LogP contribution in [0, 0.1) is 0 Å². The summed E-state index contributed by atoms with van der Waals surface area (Å²) >= 11 is 6.54. The average Bonchev–Trinajstić information content (AvgIpc) is 2.80. The van der Waals surface area contributed by atoms with Crippen LogP contribution >= 0.6 is 31.9 Å². The van der Waals surface area contributed by atoms with Gasteiger partial charge in [-0.1, -0.05) is 25.2 Å². The van der Waals surface area contributed by atoms with E-state index in [9.17, 15) is 14.7 Å². The Bertz CT molecular complexity index is 985. The largest absolute Gasteiger partial charge is 0.506 e. The standard InChI is InChI=1S/2C12H13BrO3/c1-4-7(2)9-5-8(12(15)16-3)6-10(13)11(9)14;1-3-4-7-16-11-6-5-9(8-10(11)13)12(14)15-2/h4-7,14H,1H2,2-3H3;3-6,8H,7H2,1-2H3/b;4-3+. The minimum Gasteiger partial charge on any atom is -0.506 e. The molecule has 0 aliphatic carbocycles. The van der Waals surface area contributed by atoms with E-state index in [2.05, 4.69) is 47.9 Å². The monoisotopic (exact) mass is 568 g/mol. The van der Waals surface area contributed by atoms with Gasteiger partial charge in [0.15, 0.2) is 0 Å². The number of benzene rings is 2. The lowest BCUT2D eigenvalue weighted by Crippen LogP contribution is -2.03. The number of carbonyl (C=O) groups is 2. The van der Waals surface area contributed by atoms with Gasteiger partial charge >= 0.3 is 11.9 Å². The van der Waals surface area contributed by atoms with E-state index in [1.807, 2.05) is 26.0 Å². The van der Waals surface area contributed by atoms with Crippen molar-refractivity contribution in [2.75, 3.05) is 20.8 Å². The topological polar surface area (TPSA) is 82.1 Å². The number of carbonyl (C=O) groups excluding carboxylic acids is 2. The van der Waals surface area contributed by atoms with Crippen molar-refractivity contribution in [3.05, 3.63) is 80.8 Å². The average molecular weight is 570 g/mol. The normalized spacial score (nSPS) is 11.2. The van der Waals surface area contributed by atoms with Crippen LogP contribution in [-0.4, -0.2) is 37.9 Å². The molecule has 1 N–H and O–H groups in total. The first-order chi connectivity index (χ1) is 15.2. The van der Waals surface area contributed by atoms with Crippen LogP contribution in [0.25, 0.3) is 0 Å². The van der Waals surface area contributed by atoms with Crippen molar-refractivity contribution in [3.8, 4) is 11.5 Å². The summed E-state index contributed by atoms with van der Waals surface area (Å²) in [6.07, 6.45) is 5.51. The van der Waals surface area contributed by atoms with Gasteiger partial charge < -0.3 is 19.3 Å². The lowest BCUT2D eigenvalue weighted by atomic mass is 9.98. The molecule has 0 aromatic heterocycles. The smallest absolute Gasteiger partial charge is 0.337 e. The number of halogens is 2. The summed E-state index contributed by atoms with van der Waals surface area (Å²) in [5, 5.41) is 9.83. The third kappa shape index (κ3) is 7.84. The van der Waals surface area contributed by atoms with Crippen LogP contribution in [-0.2, 0) is 9.47 Å². The van der Waals surface area contributed by atoms with Gasteiger partial charge in [-0.15, -0.1) is 6.58 Å². The molecule has 0 aliphatic heterocycles. The summed E-state index contributed by atoms with van der Waals surface area (Å²) < 4.78 is 15.9. The van der Waals surface area contributed by atoms with Crippen LogP contribution in [0.3, 0.4) is 0 Å². The fourth-order valence-corrected chi connectivity index (χ4v) is 3.40. The van der Waals surface area contributed by atoms with Gasteiger partial charge in [0.1, 0.15) is 18.1 Å². The summed E-state index contributed by atoms with van der Waals surface area (Å²) in [6.45, 7) is 7.98. The molecule has 1 unspecified atom stereocenters. The van der Waals surface area contributed by atoms with Crippen molar-refractivity contribution in [1.82, 2.24) is 0 Å². The Kier molecular flexibility index (Phi) is 11.8. The molecule has 0 heterocycles. The van der Waals surface area contributed by atoms with E-state index in [0.717, 1.165) is 4.47 Å². The number of aromatic hydroxyl groups is 1. The van der Waals surface area contributed by atoms with E-state index >= 15 is 0 Å². The predicted molar refractivity (Wildman–Crippen MR) is 132 cm³/mol. The van der Waals surface area contributed by atoms with Gasteiger partial charge in [-0.05, 0) is 69.1 Å². The molecule has 0 fully saturated rings. The lowest BCUT2D eigenvalue weighted by molar-refractivity contribution is 0.0591. The van der Waals surface area contributed by atoms with Gasteiger partial charge in [0.2, 0.25) is 0 Å². The van der Waals surface area contributed by atoms with Crippen LogP contribution < -0.4 is 4.74 Å². The highest BCUT2D eigenvalue weighted by molar-refractivity contribution is 9.10. The number of allylic oxidation sites excluding steroid dienone is 2. The predicted octanol–water partition coefficient (Wildman–Crippen LogP) is 6.42. The van der Waals surface area contributed by atoms with E-state index < -0.39 is 5.97 Å². The molecule has 0 amide bonds. The number of methoxy groups -OCH3 is 2. The molecular formula is C24H26Br2O6. The second kappa shape index (κ2) is 13.8. The van der Waals surface area contributed by atoms with E-state index in [0.29, 0.717) is 33.5 Å². The summed E-state index contributed by atoms with van der Waals surface area (Å²) in [6, 6.07) is 8.22. The number of ether oxygens (including phenoxy) is 3. The maximum atomic E-state index is 11.4. The zero-order chi connectivity index (χ0) is 24.3. The molecular weight excluding hydrogens is 544 g/mol. The van der Waals surface area contributed by atoms with Crippen LogP contribution in [0.4, 0.5) is 0 Å². The maximum absolute atomic E-state index is 11.4. The Morgan fingerprint density at radius 2 is 1.66 bits per heavy atom. The number of hydrogen-bond donors (Lipinski definition) is 1. The van der Waals surface area contributed by atoms with Gasteiger partial charge in [0, 0.05) is 11.5 Å². The van der Waals surface area contributed by atoms with Crippen molar-refractivity contribution >= 4 is 43.8 Å². The SMILES string of the molecule is C/C=C/COc1ccc(C(=O)OC)cc1Br.C=CC(C)c1cc(C(=O)OC)cc(Br)c1O. The third-order valence-electron chi connectivity index (χ3n) is 4.28. The summed E-state index contributed by atoms with van der Waals surface area (Å²) in [4.78, 5) is 22.6. The van der Waals surface area contributed by atoms with Crippen molar-refractivity contribution < 1.29 is 28.9 Å². The first kappa shape index (κ1) is 27.5.